The zero-order valence-electron chi connectivity index (χ0n) is 7.62. The number of hydrogen-bond acceptors (Lipinski definition) is 2. The van der Waals surface area contributed by atoms with Gasteiger partial charge in [0.15, 0.2) is 0 Å². The lowest BCUT2D eigenvalue weighted by atomic mass is 10.1. The summed E-state index contributed by atoms with van der Waals surface area (Å²) in [4.78, 5) is 0. The van der Waals surface area contributed by atoms with Gasteiger partial charge in [0, 0.05) is 0 Å². The highest BCUT2D eigenvalue weighted by atomic mass is 15.1. The molecule has 1 aromatic heterocycles. The van der Waals surface area contributed by atoms with E-state index in [1.54, 1.807) is 0 Å². The maximum absolute atomic E-state index is 4.10. The van der Waals surface area contributed by atoms with Gasteiger partial charge in [0.05, 0.1) is 11.9 Å². The Bertz CT molecular complexity index is 260. The minimum absolute atomic E-state index is 0.496. The first kappa shape index (κ1) is 7.71. The molecule has 0 unspecified atom stereocenters. The molecule has 0 radical (unpaired) electrons. The zero-order chi connectivity index (χ0) is 8.55. The SMILES string of the molecule is CC(C)c1cc(C2CC2)cnn1. The van der Waals surface area contributed by atoms with Crippen LogP contribution >= 0.6 is 0 Å². The topological polar surface area (TPSA) is 25.8 Å². The van der Waals surface area contributed by atoms with Gasteiger partial charge in [-0.3, -0.25) is 0 Å². The van der Waals surface area contributed by atoms with Crippen LogP contribution in [0.15, 0.2) is 12.3 Å². The molecule has 1 aromatic rings. The molecule has 0 N–H and O–H groups in total. The van der Waals surface area contributed by atoms with Gasteiger partial charge in [-0.2, -0.15) is 10.2 Å². The normalized spacial score (nSPS) is 16.9. The second-order valence-corrected chi connectivity index (χ2v) is 3.84. The molecule has 0 spiro atoms. The zero-order valence-corrected chi connectivity index (χ0v) is 7.62. The molecule has 12 heavy (non-hydrogen) atoms. The summed E-state index contributed by atoms with van der Waals surface area (Å²) in [6, 6.07) is 2.20. The minimum Gasteiger partial charge on any atom is -0.159 e. The van der Waals surface area contributed by atoms with Gasteiger partial charge in [-0.25, -0.2) is 0 Å². The second kappa shape index (κ2) is 2.85. The minimum atomic E-state index is 0.496. The van der Waals surface area contributed by atoms with E-state index >= 15 is 0 Å². The van der Waals surface area contributed by atoms with E-state index in [1.807, 2.05) is 6.20 Å². The molecule has 2 nitrogen and oxygen atoms in total. The van der Waals surface area contributed by atoms with E-state index < -0.39 is 0 Å². The molecule has 2 rings (SSSR count). The lowest BCUT2D eigenvalue weighted by Gasteiger charge is -2.04. The lowest BCUT2D eigenvalue weighted by Crippen LogP contribution is -1.96. The first-order valence-corrected chi connectivity index (χ1v) is 4.60. The van der Waals surface area contributed by atoms with Crippen LogP contribution in [0, 0.1) is 0 Å². The predicted molar refractivity (Wildman–Crippen MR) is 48.1 cm³/mol. The van der Waals surface area contributed by atoms with Gasteiger partial charge in [0.2, 0.25) is 0 Å². The maximum atomic E-state index is 4.10. The van der Waals surface area contributed by atoms with E-state index in [1.165, 1.54) is 18.4 Å². The van der Waals surface area contributed by atoms with Gasteiger partial charge < -0.3 is 0 Å². The Labute approximate surface area is 73.0 Å². The van der Waals surface area contributed by atoms with Crippen molar-refractivity contribution in [2.45, 2.75) is 38.5 Å². The summed E-state index contributed by atoms with van der Waals surface area (Å²) < 4.78 is 0. The molecule has 2 heteroatoms. The molecular weight excluding hydrogens is 148 g/mol. The number of aromatic nitrogens is 2. The third kappa shape index (κ3) is 1.47. The first-order valence-electron chi connectivity index (χ1n) is 4.60. The van der Waals surface area contributed by atoms with E-state index in [0.29, 0.717) is 5.92 Å². The Morgan fingerprint density at radius 3 is 2.75 bits per heavy atom. The van der Waals surface area contributed by atoms with Gasteiger partial charge >= 0.3 is 0 Å². The molecule has 1 saturated carbocycles. The van der Waals surface area contributed by atoms with Crippen molar-refractivity contribution >= 4 is 0 Å². The summed E-state index contributed by atoms with van der Waals surface area (Å²) in [5.74, 6) is 1.29. The van der Waals surface area contributed by atoms with Crippen molar-refractivity contribution in [1.82, 2.24) is 10.2 Å². The molecule has 1 fully saturated rings. The largest absolute Gasteiger partial charge is 0.159 e. The standard InChI is InChI=1S/C10H14N2/c1-7(2)10-5-9(6-11-12-10)8-3-4-8/h5-8H,3-4H2,1-2H3. The van der Waals surface area contributed by atoms with Crippen molar-refractivity contribution in [3.63, 3.8) is 0 Å². The van der Waals surface area contributed by atoms with E-state index in [-0.39, 0.29) is 0 Å². The van der Waals surface area contributed by atoms with Crippen LogP contribution in [0.25, 0.3) is 0 Å². The summed E-state index contributed by atoms with van der Waals surface area (Å²) in [5.41, 5.74) is 2.51. The Morgan fingerprint density at radius 1 is 1.42 bits per heavy atom. The van der Waals surface area contributed by atoms with Crippen LogP contribution in [-0.4, -0.2) is 10.2 Å². The average Bonchev–Trinajstić information content (AvgIpc) is 2.87. The van der Waals surface area contributed by atoms with Crippen LogP contribution in [-0.2, 0) is 0 Å². The van der Waals surface area contributed by atoms with Crippen LogP contribution in [0.5, 0.6) is 0 Å². The third-order valence-corrected chi connectivity index (χ3v) is 2.33. The molecule has 1 heterocycles. The van der Waals surface area contributed by atoms with Crippen molar-refractivity contribution < 1.29 is 0 Å². The number of nitrogens with zero attached hydrogens (tertiary/aromatic N) is 2. The monoisotopic (exact) mass is 162 g/mol. The third-order valence-electron chi connectivity index (χ3n) is 2.33. The van der Waals surface area contributed by atoms with E-state index in [0.717, 1.165) is 11.6 Å². The van der Waals surface area contributed by atoms with Gasteiger partial charge in [-0.1, -0.05) is 13.8 Å². The molecule has 1 aliphatic carbocycles. The Kier molecular flexibility index (Phi) is 1.83. The Morgan fingerprint density at radius 2 is 2.17 bits per heavy atom. The predicted octanol–water partition coefficient (Wildman–Crippen LogP) is 2.48. The van der Waals surface area contributed by atoms with E-state index in [9.17, 15) is 0 Å². The number of hydrogen-bond donors (Lipinski definition) is 0. The fourth-order valence-electron chi connectivity index (χ4n) is 1.32. The van der Waals surface area contributed by atoms with E-state index in [2.05, 4.69) is 30.1 Å². The van der Waals surface area contributed by atoms with Crippen molar-refractivity contribution in [3.05, 3.63) is 23.5 Å². The second-order valence-electron chi connectivity index (χ2n) is 3.84. The first-order chi connectivity index (χ1) is 5.77. The van der Waals surface area contributed by atoms with Crippen molar-refractivity contribution in [3.8, 4) is 0 Å². The van der Waals surface area contributed by atoms with Crippen LogP contribution in [0.2, 0.25) is 0 Å². The van der Waals surface area contributed by atoms with Gasteiger partial charge in [-0.05, 0) is 36.3 Å². The highest BCUT2D eigenvalue weighted by Gasteiger charge is 2.24. The summed E-state index contributed by atoms with van der Waals surface area (Å²) in [6.07, 6.45) is 4.58. The van der Waals surface area contributed by atoms with Crippen molar-refractivity contribution in [2.24, 2.45) is 0 Å². The quantitative estimate of drug-likeness (QED) is 0.667. The fourth-order valence-corrected chi connectivity index (χ4v) is 1.32. The lowest BCUT2D eigenvalue weighted by molar-refractivity contribution is 0.776. The van der Waals surface area contributed by atoms with Gasteiger partial charge in [0.25, 0.3) is 0 Å². The molecule has 64 valence electrons. The Balaban J connectivity index is 2.26. The average molecular weight is 162 g/mol. The van der Waals surface area contributed by atoms with Crippen LogP contribution in [0.1, 0.15) is 49.8 Å². The van der Waals surface area contributed by atoms with Crippen LogP contribution < -0.4 is 0 Å². The van der Waals surface area contributed by atoms with Crippen LogP contribution in [0.4, 0.5) is 0 Å². The molecule has 0 atom stereocenters. The van der Waals surface area contributed by atoms with Crippen LogP contribution in [0.3, 0.4) is 0 Å². The highest BCUT2D eigenvalue weighted by Crippen LogP contribution is 2.39. The van der Waals surface area contributed by atoms with Gasteiger partial charge in [0.1, 0.15) is 0 Å². The van der Waals surface area contributed by atoms with E-state index in [4.69, 9.17) is 0 Å². The van der Waals surface area contributed by atoms with Crippen molar-refractivity contribution in [1.29, 1.82) is 0 Å². The smallest absolute Gasteiger partial charge is 0.0659 e. The molecule has 0 saturated heterocycles. The van der Waals surface area contributed by atoms with Crippen molar-refractivity contribution in [2.75, 3.05) is 0 Å². The Hall–Kier alpha value is -0.920. The molecule has 0 aromatic carbocycles. The van der Waals surface area contributed by atoms with Gasteiger partial charge in [-0.15, -0.1) is 0 Å². The maximum Gasteiger partial charge on any atom is 0.0659 e. The molecule has 0 amide bonds. The summed E-state index contributed by atoms with van der Waals surface area (Å²) in [7, 11) is 0. The molecular formula is C10H14N2. The summed E-state index contributed by atoms with van der Waals surface area (Å²) in [5, 5.41) is 8.12. The summed E-state index contributed by atoms with van der Waals surface area (Å²) in [6.45, 7) is 4.31. The molecule has 1 aliphatic rings. The summed E-state index contributed by atoms with van der Waals surface area (Å²) >= 11 is 0. The highest BCUT2D eigenvalue weighted by molar-refractivity contribution is 5.22. The molecule has 0 aliphatic heterocycles. The number of rotatable bonds is 2. The molecule has 0 bridgehead atoms. The fraction of sp³-hybridized carbons (Fsp3) is 0.600.